The van der Waals surface area contributed by atoms with Crippen molar-refractivity contribution in [3.63, 3.8) is 0 Å². The Morgan fingerprint density at radius 2 is 2.31 bits per heavy atom. The highest BCUT2D eigenvalue weighted by Gasteiger charge is 1.98. The van der Waals surface area contributed by atoms with Gasteiger partial charge in [-0.1, -0.05) is 0 Å². The van der Waals surface area contributed by atoms with E-state index in [0.29, 0.717) is 12.5 Å². The SMILES string of the molecule is [c]1nccnc1OCc1nccs1. The zero-order valence-corrected chi connectivity index (χ0v) is 7.49. The monoisotopic (exact) mass is 192 g/mol. The second-order valence-electron chi connectivity index (χ2n) is 2.19. The quantitative estimate of drug-likeness (QED) is 0.735. The van der Waals surface area contributed by atoms with Crippen LogP contribution in [0.25, 0.3) is 0 Å². The summed E-state index contributed by atoms with van der Waals surface area (Å²) >= 11 is 1.54. The van der Waals surface area contributed by atoms with Gasteiger partial charge in [0, 0.05) is 24.0 Å². The van der Waals surface area contributed by atoms with Gasteiger partial charge in [0.25, 0.3) is 0 Å². The molecule has 2 aromatic rings. The van der Waals surface area contributed by atoms with Gasteiger partial charge < -0.3 is 4.74 Å². The fraction of sp³-hybridized carbons (Fsp3) is 0.125. The zero-order valence-electron chi connectivity index (χ0n) is 6.67. The highest BCUT2D eigenvalue weighted by atomic mass is 32.1. The van der Waals surface area contributed by atoms with E-state index in [1.165, 1.54) is 0 Å². The van der Waals surface area contributed by atoms with E-state index in [2.05, 4.69) is 21.1 Å². The van der Waals surface area contributed by atoms with Crippen LogP contribution in [0.2, 0.25) is 0 Å². The summed E-state index contributed by atoms with van der Waals surface area (Å²) in [6.45, 7) is 0.423. The smallest absolute Gasteiger partial charge is 0.242 e. The molecule has 0 aliphatic rings. The lowest BCUT2D eigenvalue weighted by Crippen LogP contribution is -1.96. The molecule has 0 saturated heterocycles. The molecule has 5 heteroatoms. The van der Waals surface area contributed by atoms with Crippen LogP contribution in [0.5, 0.6) is 5.88 Å². The van der Waals surface area contributed by atoms with Crippen molar-refractivity contribution in [2.75, 3.05) is 0 Å². The molecule has 0 aromatic carbocycles. The van der Waals surface area contributed by atoms with E-state index in [-0.39, 0.29) is 0 Å². The molecule has 0 unspecified atom stereocenters. The minimum Gasteiger partial charge on any atom is -0.469 e. The highest BCUT2D eigenvalue weighted by Crippen LogP contribution is 2.08. The number of nitrogens with zero attached hydrogens (tertiary/aromatic N) is 3. The number of thiazole rings is 1. The summed E-state index contributed by atoms with van der Waals surface area (Å²) in [7, 11) is 0. The fourth-order valence-electron chi connectivity index (χ4n) is 0.780. The molecule has 0 aliphatic heterocycles. The normalized spacial score (nSPS) is 9.85. The van der Waals surface area contributed by atoms with Crippen LogP contribution in [0.4, 0.5) is 0 Å². The number of ether oxygens (including phenoxy) is 1. The van der Waals surface area contributed by atoms with Crippen molar-refractivity contribution in [3.05, 3.63) is 35.2 Å². The van der Waals surface area contributed by atoms with Gasteiger partial charge in [-0.3, -0.25) is 0 Å². The van der Waals surface area contributed by atoms with Crippen LogP contribution in [0.15, 0.2) is 24.0 Å². The third-order valence-electron chi connectivity index (χ3n) is 1.31. The third-order valence-corrected chi connectivity index (χ3v) is 2.06. The van der Waals surface area contributed by atoms with Gasteiger partial charge in [-0.25, -0.2) is 15.0 Å². The van der Waals surface area contributed by atoms with Crippen LogP contribution >= 0.6 is 11.3 Å². The van der Waals surface area contributed by atoms with Crippen LogP contribution in [-0.2, 0) is 6.61 Å². The number of hydrogen-bond donors (Lipinski definition) is 0. The first kappa shape index (κ1) is 8.12. The van der Waals surface area contributed by atoms with Crippen molar-refractivity contribution in [1.29, 1.82) is 0 Å². The summed E-state index contributed by atoms with van der Waals surface area (Å²) in [6.07, 6.45) is 7.48. The Kier molecular flexibility index (Phi) is 2.47. The average molecular weight is 192 g/mol. The van der Waals surface area contributed by atoms with Gasteiger partial charge in [-0.05, 0) is 0 Å². The molecule has 0 atom stereocenters. The Labute approximate surface area is 79.3 Å². The van der Waals surface area contributed by atoms with Crippen LogP contribution < -0.4 is 4.74 Å². The lowest BCUT2D eigenvalue weighted by molar-refractivity contribution is 0.291. The van der Waals surface area contributed by atoms with Crippen LogP contribution in [0, 0.1) is 6.20 Å². The van der Waals surface area contributed by atoms with Gasteiger partial charge in [-0.15, -0.1) is 11.3 Å². The summed E-state index contributed by atoms with van der Waals surface area (Å²) in [5, 5.41) is 2.82. The van der Waals surface area contributed by atoms with Gasteiger partial charge in [-0.2, -0.15) is 0 Å². The van der Waals surface area contributed by atoms with E-state index in [4.69, 9.17) is 4.74 Å². The topological polar surface area (TPSA) is 47.9 Å². The highest BCUT2D eigenvalue weighted by molar-refractivity contribution is 7.09. The molecule has 13 heavy (non-hydrogen) atoms. The van der Waals surface area contributed by atoms with E-state index in [0.717, 1.165) is 5.01 Å². The predicted octanol–water partition coefficient (Wildman–Crippen LogP) is 1.31. The third kappa shape index (κ3) is 2.22. The summed E-state index contributed by atoms with van der Waals surface area (Å²) in [4.78, 5) is 11.7. The Morgan fingerprint density at radius 3 is 3.00 bits per heavy atom. The Balaban J connectivity index is 1.94. The molecule has 0 saturated carbocycles. The van der Waals surface area contributed by atoms with Crippen LogP contribution in [0.3, 0.4) is 0 Å². The Hall–Kier alpha value is -1.49. The first-order valence-electron chi connectivity index (χ1n) is 3.65. The molecular formula is C8H6N3OS. The second-order valence-corrected chi connectivity index (χ2v) is 3.17. The molecule has 2 heterocycles. The van der Waals surface area contributed by atoms with Gasteiger partial charge in [0.1, 0.15) is 11.6 Å². The van der Waals surface area contributed by atoms with E-state index < -0.39 is 0 Å². The lowest BCUT2D eigenvalue weighted by atomic mass is 10.7. The largest absolute Gasteiger partial charge is 0.469 e. The minimum atomic E-state index is 0.401. The maximum absolute atomic E-state index is 5.27. The number of aromatic nitrogens is 3. The molecule has 0 bridgehead atoms. The molecule has 65 valence electrons. The molecule has 2 aromatic heterocycles. The first-order chi connectivity index (χ1) is 6.45. The Morgan fingerprint density at radius 1 is 1.31 bits per heavy atom. The first-order valence-corrected chi connectivity index (χ1v) is 4.53. The summed E-state index contributed by atoms with van der Waals surface area (Å²) < 4.78 is 5.27. The number of hydrogen-bond acceptors (Lipinski definition) is 5. The van der Waals surface area contributed by atoms with E-state index >= 15 is 0 Å². The van der Waals surface area contributed by atoms with Gasteiger partial charge in [0.2, 0.25) is 5.88 Å². The molecule has 0 N–H and O–H groups in total. The Bertz CT molecular complexity index is 349. The van der Waals surface area contributed by atoms with Crippen LogP contribution in [-0.4, -0.2) is 15.0 Å². The maximum atomic E-state index is 5.27. The predicted molar refractivity (Wildman–Crippen MR) is 47.3 cm³/mol. The van der Waals surface area contributed by atoms with Crippen LogP contribution in [0.1, 0.15) is 5.01 Å². The molecule has 2 rings (SSSR count). The van der Waals surface area contributed by atoms with E-state index in [1.807, 2.05) is 5.38 Å². The van der Waals surface area contributed by atoms with Crippen molar-refractivity contribution in [1.82, 2.24) is 15.0 Å². The maximum Gasteiger partial charge on any atom is 0.242 e. The molecule has 0 amide bonds. The fourth-order valence-corrected chi connectivity index (χ4v) is 1.31. The molecule has 4 nitrogen and oxygen atoms in total. The molecule has 1 radical (unpaired) electrons. The molecule has 0 fully saturated rings. The minimum absolute atomic E-state index is 0.401. The van der Waals surface area contributed by atoms with Crippen molar-refractivity contribution in [2.45, 2.75) is 6.61 Å². The molecule has 0 aliphatic carbocycles. The van der Waals surface area contributed by atoms with Crippen molar-refractivity contribution in [3.8, 4) is 5.88 Å². The summed E-state index contributed by atoms with van der Waals surface area (Å²) in [5.41, 5.74) is 0. The van der Waals surface area contributed by atoms with Crippen molar-refractivity contribution >= 4 is 11.3 Å². The molecule has 0 spiro atoms. The second kappa shape index (κ2) is 3.95. The summed E-state index contributed by atoms with van der Waals surface area (Å²) in [5.74, 6) is 0.401. The standard InChI is InChI=1S/C8H6N3OS/c1-2-10-7(5-9-1)12-6-8-11-3-4-13-8/h1-4H,6H2. The lowest BCUT2D eigenvalue weighted by Gasteiger charge is -1.99. The van der Waals surface area contributed by atoms with E-state index in [1.54, 1.807) is 29.9 Å². The van der Waals surface area contributed by atoms with E-state index in [9.17, 15) is 0 Å². The van der Waals surface area contributed by atoms with Crippen molar-refractivity contribution in [2.24, 2.45) is 0 Å². The number of rotatable bonds is 3. The average Bonchev–Trinajstić information content (AvgIpc) is 2.69. The van der Waals surface area contributed by atoms with Gasteiger partial charge in [0.05, 0.1) is 0 Å². The van der Waals surface area contributed by atoms with Gasteiger partial charge >= 0.3 is 0 Å². The van der Waals surface area contributed by atoms with Crippen molar-refractivity contribution < 1.29 is 4.74 Å². The zero-order chi connectivity index (χ0) is 8.93. The summed E-state index contributed by atoms with van der Waals surface area (Å²) in [6, 6.07) is 0. The van der Waals surface area contributed by atoms with Gasteiger partial charge in [0.15, 0.2) is 6.20 Å². The molecular weight excluding hydrogens is 186 g/mol.